The van der Waals surface area contributed by atoms with Gasteiger partial charge in [0, 0.05) is 1.43 Å². The molecule has 9 heavy (non-hydrogen) atoms. The normalized spacial score (nSPS) is 7.56. The first-order valence-corrected chi connectivity index (χ1v) is 3.33. The highest BCUT2D eigenvalue weighted by Gasteiger charge is 1.82. The van der Waals surface area contributed by atoms with Crippen molar-refractivity contribution in [3.8, 4) is 0 Å². The minimum Gasteiger partial charge on any atom is -0.313 e. The summed E-state index contributed by atoms with van der Waals surface area (Å²) in [4.78, 5) is 9.98. The van der Waals surface area contributed by atoms with Crippen LogP contribution in [0.25, 0.3) is 0 Å². The summed E-state index contributed by atoms with van der Waals surface area (Å²) in [6, 6.07) is 0. The van der Waals surface area contributed by atoms with Gasteiger partial charge in [0.25, 0.3) is 0 Å². The molecule has 0 aromatic rings. The van der Waals surface area contributed by atoms with E-state index in [0.717, 1.165) is 0 Å². The lowest BCUT2D eigenvalue weighted by Gasteiger charge is -1.85. The number of hydrogen-bond acceptors (Lipinski definition) is 2. The van der Waals surface area contributed by atoms with Crippen LogP contribution in [0.1, 0.15) is 28.6 Å². The van der Waals surface area contributed by atoms with Gasteiger partial charge < -0.3 is 5.32 Å². The molecule has 2 nitrogen and oxygen atoms in total. The Hall–Kier alpha value is -0.370. The van der Waals surface area contributed by atoms with Crippen molar-refractivity contribution in [2.24, 2.45) is 0 Å². The zero-order valence-electron chi connectivity index (χ0n) is 6.82. The van der Waals surface area contributed by atoms with Crippen molar-refractivity contribution in [2.75, 3.05) is 13.6 Å². The predicted molar refractivity (Wildman–Crippen MR) is 42.7 cm³/mol. The molecule has 0 aromatic carbocycles. The number of carbonyl (C=O) groups is 1. The van der Waals surface area contributed by atoms with Crippen LogP contribution in [0.2, 0.25) is 0 Å². The molecular weight excluding hydrogens is 114 g/mol. The predicted octanol–water partition coefficient (Wildman–Crippen LogP) is 1.46. The van der Waals surface area contributed by atoms with Gasteiger partial charge >= 0.3 is 0 Å². The number of nitrogens with one attached hydrogen (secondary N) is 1. The summed E-state index contributed by atoms with van der Waals surface area (Å²) in [7, 11) is 1.75. The molecule has 0 radical (unpaired) electrons. The van der Waals surface area contributed by atoms with E-state index in [9.17, 15) is 4.79 Å². The number of rotatable bonds is 2. The molecule has 0 rings (SSSR count). The Kier molecular flexibility index (Phi) is 13.4. The van der Waals surface area contributed by atoms with Crippen molar-refractivity contribution in [3.63, 3.8) is 0 Å². The highest BCUT2D eigenvalue weighted by atomic mass is 16.1. The standard InChI is InChI=1S/C4H9NO.C3H8.H2/c1-4(6)3-5-2;1-3-2;/h5H,3H2,1-2H3;3H2,1-2H3;1H. The molecule has 2 heteroatoms. The molecule has 0 aliphatic rings. The van der Waals surface area contributed by atoms with Gasteiger partial charge in [-0.3, -0.25) is 4.79 Å². The molecule has 0 atom stereocenters. The Morgan fingerprint density at radius 3 is 1.89 bits per heavy atom. The zero-order valence-corrected chi connectivity index (χ0v) is 6.82. The lowest BCUT2D eigenvalue weighted by Crippen LogP contribution is -2.14. The molecule has 0 heterocycles. The molecule has 0 saturated heterocycles. The van der Waals surface area contributed by atoms with Crippen LogP contribution >= 0.6 is 0 Å². The fourth-order valence-corrected chi connectivity index (χ4v) is 0.249. The lowest BCUT2D eigenvalue weighted by atomic mass is 10.5. The molecule has 0 amide bonds. The van der Waals surface area contributed by atoms with E-state index < -0.39 is 0 Å². The van der Waals surface area contributed by atoms with Crippen molar-refractivity contribution < 1.29 is 6.22 Å². The number of likely N-dealkylation sites (N-methyl/N-ethyl adjacent to an activating group) is 1. The maximum Gasteiger partial charge on any atom is 0.143 e. The van der Waals surface area contributed by atoms with E-state index in [1.54, 1.807) is 14.0 Å². The summed E-state index contributed by atoms with van der Waals surface area (Å²) in [6.07, 6.45) is 1.25. The molecule has 1 N–H and O–H groups in total. The summed E-state index contributed by atoms with van der Waals surface area (Å²) in [6.45, 7) is 6.29. The molecule has 0 bridgehead atoms. The number of ketones is 1. The van der Waals surface area contributed by atoms with Crippen molar-refractivity contribution in [1.29, 1.82) is 0 Å². The third-order valence-electron chi connectivity index (χ3n) is 0.426. The van der Waals surface area contributed by atoms with Gasteiger partial charge in [0.2, 0.25) is 0 Å². The third kappa shape index (κ3) is 35.0. The molecule has 0 spiro atoms. The quantitative estimate of drug-likeness (QED) is 0.618. The number of carbonyl (C=O) groups excluding carboxylic acids is 1. The van der Waals surface area contributed by atoms with E-state index in [-0.39, 0.29) is 7.21 Å². The van der Waals surface area contributed by atoms with Gasteiger partial charge in [-0.15, -0.1) is 0 Å². The average molecular weight is 133 g/mol. The second-order valence-electron chi connectivity index (χ2n) is 1.94. The molecule has 0 saturated carbocycles. The molecule has 0 fully saturated rings. The van der Waals surface area contributed by atoms with Gasteiger partial charge in [0.05, 0.1) is 6.54 Å². The van der Waals surface area contributed by atoms with Crippen molar-refractivity contribution in [1.82, 2.24) is 5.32 Å². The van der Waals surface area contributed by atoms with Gasteiger partial charge in [-0.05, 0) is 14.0 Å². The van der Waals surface area contributed by atoms with E-state index in [4.69, 9.17) is 0 Å². The highest BCUT2D eigenvalue weighted by molar-refractivity contribution is 5.77. The Morgan fingerprint density at radius 1 is 1.56 bits per heavy atom. The van der Waals surface area contributed by atoms with Crippen LogP contribution in [0, 0.1) is 0 Å². The fraction of sp³-hybridized carbons (Fsp3) is 0.857. The Labute approximate surface area is 59.1 Å². The summed E-state index contributed by atoms with van der Waals surface area (Å²) in [5.74, 6) is 0.178. The lowest BCUT2D eigenvalue weighted by molar-refractivity contribution is -0.116. The Balaban J connectivity index is -0.000000107. The smallest absolute Gasteiger partial charge is 0.143 e. The van der Waals surface area contributed by atoms with E-state index in [1.165, 1.54) is 6.42 Å². The Morgan fingerprint density at radius 2 is 1.89 bits per heavy atom. The third-order valence-corrected chi connectivity index (χ3v) is 0.426. The van der Waals surface area contributed by atoms with Crippen LogP contribution in [0.15, 0.2) is 0 Å². The first-order valence-electron chi connectivity index (χ1n) is 3.33. The minimum atomic E-state index is 0. The summed E-state index contributed by atoms with van der Waals surface area (Å²) < 4.78 is 0. The van der Waals surface area contributed by atoms with Crippen LogP contribution in [0.4, 0.5) is 0 Å². The number of hydrogen-bond donors (Lipinski definition) is 1. The largest absolute Gasteiger partial charge is 0.313 e. The van der Waals surface area contributed by atoms with Crippen LogP contribution in [-0.4, -0.2) is 19.4 Å². The second-order valence-corrected chi connectivity index (χ2v) is 1.94. The van der Waals surface area contributed by atoms with Crippen LogP contribution in [-0.2, 0) is 4.79 Å². The minimum absolute atomic E-state index is 0. The van der Waals surface area contributed by atoms with E-state index in [2.05, 4.69) is 19.2 Å². The fourth-order valence-electron chi connectivity index (χ4n) is 0.249. The molecule has 0 aromatic heterocycles. The van der Waals surface area contributed by atoms with Crippen LogP contribution in [0.3, 0.4) is 0 Å². The van der Waals surface area contributed by atoms with Gasteiger partial charge in [-0.1, -0.05) is 20.3 Å². The van der Waals surface area contributed by atoms with Crippen molar-refractivity contribution in [3.05, 3.63) is 0 Å². The van der Waals surface area contributed by atoms with Crippen LogP contribution < -0.4 is 5.32 Å². The molecular formula is C7H19NO. The highest BCUT2D eigenvalue weighted by Crippen LogP contribution is 1.57. The molecule has 0 aliphatic heterocycles. The van der Waals surface area contributed by atoms with Crippen LogP contribution in [0.5, 0.6) is 0 Å². The monoisotopic (exact) mass is 133 g/mol. The average Bonchev–Trinajstić information content (AvgIpc) is 1.67. The second kappa shape index (κ2) is 10.6. The van der Waals surface area contributed by atoms with Gasteiger partial charge in [0.15, 0.2) is 0 Å². The maximum absolute atomic E-state index is 9.98. The maximum atomic E-state index is 9.98. The van der Waals surface area contributed by atoms with E-state index in [0.29, 0.717) is 6.54 Å². The first-order chi connectivity index (χ1) is 4.18. The van der Waals surface area contributed by atoms with Gasteiger partial charge in [-0.2, -0.15) is 0 Å². The molecule has 0 unspecified atom stereocenters. The SMILES string of the molecule is CCC.CNCC(C)=O.[HH]. The van der Waals surface area contributed by atoms with Gasteiger partial charge in [0.1, 0.15) is 5.78 Å². The van der Waals surface area contributed by atoms with E-state index in [1.807, 2.05) is 0 Å². The van der Waals surface area contributed by atoms with Crippen molar-refractivity contribution >= 4 is 5.78 Å². The summed E-state index contributed by atoms with van der Waals surface area (Å²) in [5, 5.41) is 2.72. The van der Waals surface area contributed by atoms with Gasteiger partial charge in [-0.25, -0.2) is 0 Å². The zero-order chi connectivity index (χ0) is 7.70. The number of Topliss-reactive ketones (excluding diaryl/α,β-unsaturated/α-hetero) is 1. The van der Waals surface area contributed by atoms with E-state index >= 15 is 0 Å². The molecule has 0 aliphatic carbocycles. The topological polar surface area (TPSA) is 29.1 Å². The Bertz CT molecular complexity index is 66.6. The summed E-state index contributed by atoms with van der Waals surface area (Å²) in [5.41, 5.74) is 0. The first kappa shape index (κ1) is 11.4. The summed E-state index contributed by atoms with van der Waals surface area (Å²) >= 11 is 0. The van der Waals surface area contributed by atoms with Crippen molar-refractivity contribution in [2.45, 2.75) is 27.2 Å². The molecule has 58 valence electrons.